The van der Waals surface area contributed by atoms with Crippen LogP contribution < -0.4 is 10.6 Å². The molecular weight excluding hydrogens is 204 g/mol. The molecule has 4 nitrogen and oxygen atoms in total. The quantitative estimate of drug-likeness (QED) is 0.605. The SMILES string of the molecule is CC(C)C(C)NC(=O)CNC(C)C(C)CO. The number of rotatable bonds is 7. The van der Waals surface area contributed by atoms with Gasteiger partial charge in [0.1, 0.15) is 0 Å². The standard InChI is InChI=1S/C12H26N2O2/c1-8(2)10(4)14-12(16)6-13-11(5)9(3)7-15/h8-11,13,15H,6-7H2,1-5H3,(H,14,16). The van der Waals surface area contributed by atoms with Crippen molar-refractivity contribution in [3.8, 4) is 0 Å². The van der Waals surface area contributed by atoms with Gasteiger partial charge in [0.25, 0.3) is 0 Å². The molecule has 0 fully saturated rings. The normalized spacial score (nSPS) is 16.9. The second-order valence-corrected chi connectivity index (χ2v) is 4.93. The van der Waals surface area contributed by atoms with Crippen molar-refractivity contribution in [1.29, 1.82) is 0 Å². The highest BCUT2D eigenvalue weighted by atomic mass is 16.3. The Morgan fingerprint density at radius 1 is 1.12 bits per heavy atom. The monoisotopic (exact) mass is 230 g/mol. The molecule has 0 saturated carbocycles. The van der Waals surface area contributed by atoms with Crippen molar-refractivity contribution in [3.63, 3.8) is 0 Å². The third-order valence-electron chi connectivity index (χ3n) is 3.11. The molecule has 16 heavy (non-hydrogen) atoms. The van der Waals surface area contributed by atoms with Crippen molar-refractivity contribution in [2.24, 2.45) is 11.8 Å². The Labute approximate surface area is 98.8 Å². The average Bonchev–Trinajstić information content (AvgIpc) is 2.24. The van der Waals surface area contributed by atoms with Gasteiger partial charge in [-0.2, -0.15) is 0 Å². The van der Waals surface area contributed by atoms with Gasteiger partial charge in [0.2, 0.25) is 5.91 Å². The summed E-state index contributed by atoms with van der Waals surface area (Å²) < 4.78 is 0. The smallest absolute Gasteiger partial charge is 0.234 e. The van der Waals surface area contributed by atoms with Crippen LogP contribution in [0.1, 0.15) is 34.6 Å². The van der Waals surface area contributed by atoms with Crippen LogP contribution in [-0.2, 0) is 4.79 Å². The molecule has 3 N–H and O–H groups in total. The van der Waals surface area contributed by atoms with Crippen molar-refractivity contribution in [1.82, 2.24) is 10.6 Å². The Balaban J connectivity index is 3.81. The lowest BCUT2D eigenvalue weighted by Gasteiger charge is -2.21. The highest BCUT2D eigenvalue weighted by molar-refractivity contribution is 5.78. The molecule has 96 valence electrons. The number of carbonyl (C=O) groups excluding carboxylic acids is 1. The molecule has 1 amide bonds. The first-order valence-corrected chi connectivity index (χ1v) is 6.02. The minimum absolute atomic E-state index is 0.0122. The molecule has 3 atom stereocenters. The molecule has 3 unspecified atom stereocenters. The van der Waals surface area contributed by atoms with Gasteiger partial charge in [-0.3, -0.25) is 4.79 Å². The Kier molecular flexibility index (Phi) is 7.34. The zero-order valence-corrected chi connectivity index (χ0v) is 11.1. The number of hydrogen-bond acceptors (Lipinski definition) is 3. The van der Waals surface area contributed by atoms with Crippen molar-refractivity contribution in [3.05, 3.63) is 0 Å². The van der Waals surface area contributed by atoms with Gasteiger partial charge in [-0.25, -0.2) is 0 Å². The van der Waals surface area contributed by atoms with Crippen molar-refractivity contribution >= 4 is 5.91 Å². The van der Waals surface area contributed by atoms with Gasteiger partial charge in [0.15, 0.2) is 0 Å². The van der Waals surface area contributed by atoms with Crippen LogP contribution in [0.2, 0.25) is 0 Å². The van der Waals surface area contributed by atoms with Gasteiger partial charge in [0.05, 0.1) is 6.54 Å². The lowest BCUT2D eigenvalue weighted by Crippen LogP contribution is -2.45. The summed E-state index contributed by atoms with van der Waals surface area (Å²) in [7, 11) is 0. The predicted molar refractivity (Wildman–Crippen MR) is 66.2 cm³/mol. The van der Waals surface area contributed by atoms with E-state index in [0.717, 1.165) is 0 Å². The van der Waals surface area contributed by atoms with Crippen LogP contribution in [0.25, 0.3) is 0 Å². The van der Waals surface area contributed by atoms with Crippen LogP contribution in [0, 0.1) is 11.8 Å². The fourth-order valence-corrected chi connectivity index (χ4v) is 1.08. The predicted octanol–water partition coefficient (Wildman–Crippen LogP) is 0.754. The van der Waals surface area contributed by atoms with E-state index in [1.54, 1.807) is 0 Å². The van der Waals surface area contributed by atoms with Gasteiger partial charge in [-0.05, 0) is 25.7 Å². The maximum atomic E-state index is 11.5. The Bertz CT molecular complexity index is 207. The second-order valence-electron chi connectivity index (χ2n) is 4.93. The van der Waals surface area contributed by atoms with E-state index in [0.29, 0.717) is 12.5 Å². The molecule has 0 saturated heterocycles. The van der Waals surface area contributed by atoms with E-state index in [9.17, 15) is 4.79 Å². The van der Waals surface area contributed by atoms with Crippen molar-refractivity contribution in [2.45, 2.75) is 46.7 Å². The van der Waals surface area contributed by atoms with E-state index in [1.807, 2.05) is 20.8 Å². The van der Waals surface area contributed by atoms with Crippen LogP contribution in [0.5, 0.6) is 0 Å². The highest BCUT2D eigenvalue weighted by Gasteiger charge is 2.14. The molecule has 0 aromatic rings. The van der Waals surface area contributed by atoms with Crippen LogP contribution >= 0.6 is 0 Å². The van der Waals surface area contributed by atoms with Crippen LogP contribution in [0.4, 0.5) is 0 Å². The molecule has 4 heteroatoms. The summed E-state index contributed by atoms with van der Waals surface area (Å²) in [6.45, 7) is 10.5. The first-order chi connectivity index (χ1) is 7.38. The Morgan fingerprint density at radius 3 is 2.12 bits per heavy atom. The molecular formula is C12H26N2O2. The number of carbonyl (C=O) groups is 1. The minimum Gasteiger partial charge on any atom is -0.396 e. The number of nitrogens with one attached hydrogen (secondary N) is 2. The molecule has 0 aromatic carbocycles. The first-order valence-electron chi connectivity index (χ1n) is 6.02. The summed E-state index contributed by atoms with van der Waals surface area (Å²) in [6, 6.07) is 0.338. The van der Waals surface area contributed by atoms with Gasteiger partial charge >= 0.3 is 0 Å². The summed E-state index contributed by atoms with van der Waals surface area (Å²) in [5.41, 5.74) is 0. The van der Waals surface area contributed by atoms with E-state index in [2.05, 4.69) is 24.5 Å². The molecule has 0 spiro atoms. The van der Waals surface area contributed by atoms with Crippen molar-refractivity contribution in [2.75, 3.05) is 13.2 Å². The topological polar surface area (TPSA) is 61.4 Å². The summed E-state index contributed by atoms with van der Waals surface area (Å²) in [5, 5.41) is 15.0. The maximum Gasteiger partial charge on any atom is 0.234 e. The highest BCUT2D eigenvalue weighted by Crippen LogP contribution is 2.01. The van der Waals surface area contributed by atoms with E-state index in [-0.39, 0.29) is 30.5 Å². The largest absolute Gasteiger partial charge is 0.396 e. The molecule has 0 bridgehead atoms. The zero-order valence-electron chi connectivity index (χ0n) is 11.1. The lowest BCUT2D eigenvalue weighted by molar-refractivity contribution is -0.121. The summed E-state index contributed by atoms with van der Waals surface area (Å²) in [4.78, 5) is 11.5. The molecule has 0 aromatic heterocycles. The fraction of sp³-hybridized carbons (Fsp3) is 0.917. The van der Waals surface area contributed by atoms with Crippen molar-refractivity contribution < 1.29 is 9.90 Å². The molecule has 0 radical (unpaired) electrons. The van der Waals surface area contributed by atoms with E-state index in [4.69, 9.17) is 5.11 Å². The second kappa shape index (κ2) is 7.63. The van der Waals surface area contributed by atoms with Gasteiger partial charge in [-0.15, -0.1) is 0 Å². The first kappa shape index (κ1) is 15.4. The summed E-state index contributed by atoms with van der Waals surface area (Å²) in [6.07, 6.45) is 0. The summed E-state index contributed by atoms with van der Waals surface area (Å²) in [5.74, 6) is 0.617. The minimum atomic E-state index is 0.0122. The van der Waals surface area contributed by atoms with Crippen LogP contribution in [0.3, 0.4) is 0 Å². The lowest BCUT2D eigenvalue weighted by atomic mass is 10.1. The maximum absolute atomic E-state index is 11.5. The van der Waals surface area contributed by atoms with E-state index < -0.39 is 0 Å². The summed E-state index contributed by atoms with van der Waals surface area (Å²) >= 11 is 0. The number of hydrogen-bond donors (Lipinski definition) is 3. The van der Waals surface area contributed by atoms with E-state index in [1.165, 1.54) is 0 Å². The molecule has 0 aliphatic carbocycles. The molecule has 0 rings (SSSR count). The molecule has 0 aliphatic rings. The zero-order chi connectivity index (χ0) is 12.7. The number of amides is 1. The van der Waals surface area contributed by atoms with Gasteiger partial charge < -0.3 is 15.7 Å². The van der Waals surface area contributed by atoms with Gasteiger partial charge in [0, 0.05) is 18.7 Å². The molecule has 0 heterocycles. The third-order valence-corrected chi connectivity index (χ3v) is 3.11. The average molecular weight is 230 g/mol. The Hall–Kier alpha value is -0.610. The van der Waals surface area contributed by atoms with Gasteiger partial charge in [-0.1, -0.05) is 20.8 Å². The Morgan fingerprint density at radius 2 is 1.69 bits per heavy atom. The van der Waals surface area contributed by atoms with E-state index >= 15 is 0 Å². The fourth-order valence-electron chi connectivity index (χ4n) is 1.08. The molecule has 0 aliphatic heterocycles. The third kappa shape index (κ3) is 6.08. The van der Waals surface area contributed by atoms with Crippen LogP contribution in [-0.4, -0.2) is 36.2 Å². The van der Waals surface area contributed by atoms with Crippen LogP contribution in [0.15, 0.2) is 0 Å². The number of aliphatic hydroxyl groups excluding tert-OH is 1. The number of aliphatic hydroxyl groups is 1.